The van der Waals surface area contributed by atoms with E-state index in [0.717, 1.165) is 23.4 Å². The van der Waals surface area contributed by atoms with Crippen molar-refractivity contribution in [3.63, 3.8) is 0 Å². The van der Waals surface area contributed by atoms with Crippen molar-refractivity contribution in [3.8, 4) is 0 Å². The Bertz CT molecular complexity index is 833. The summed E-state index contributed by atoms with van der Waals surface area (Å²) in [6.07, 6.45) is 8.88. The molecule has 0 radical (unpaired) electrons. The molecule has 24 heavy (non-hydrogen) atoms. The number of ketones is 1. The van der Waals surface area contributed by atoms with Crippen LogP contribution in [0.4, 0.5) is 0 Å². The monoisotopic (exact) mass is 322 g/mol. The number of benzene rings is 1. The molecule has 0 aliphatic heterocycles. The normalized spacial score (nSPS) is 24.6. The highest BCUT2D eigenvalue weighted by Crippen LogP contribution is 2.42. The maximum Gasteiger partial charge on any atom is 0.239 e. The first kappa shape index (κ1) is 15.2. The Morgan fingerprint density at radius 1 is 1.21 bits per heavy atom. The number of hydrogen-bond acceptors (Lipinski definition) is 2. The molecule has 2 bridgehead atoms. The van der Waals surface area contributed by atoms with Crippen LogP contribution in [0.25, 0.3) is 10.9 Å². The molecule has 124 valence electrons. The number of aromatic nitrogens is 1. The zero-order valence-corrected chi connectivity index (χ0v) is 13.9. The summed E-state index contributed by atoms with van der Waals surface area (Å²) in [4.78, 5) is 24.2. The lowest BCUT2D eigenvalue weighted by atomic mass is 9.94. The highest BCUT2D eigenvalue weighted by atomic mass is 16.2. The minimum absolute atomic E-state index is 0.0117. The number of carbonyl (C=O) groups is 2. The molecule has 1 saturated carbocycles. The molecule has 1 N–H and O–H groups in total. The van der Waals surface area contributed by atoms with E-state index in [1.54, 1.807) is 13.1 Å². The maximum atomic E-state index is 12.4. The number of rotatable bonds is 5. The minimum Gasteiger partial charge on any atom is -0.354 e. The number of nitrogens with zero attached hydrogens (tertiary/aromatic N) is 1. The average Bonchev–Trinajstić information content (AvgIpc) is 3.27. The number of carbonyl (C=O) groups excluding carboxylic acids is 2. The molecule has 0 saturated heterocycles. The number of allylic oxidation sites excluding steroid dienone is 2. The van der Waals surface area contributed by atoms with Gasteiger partial charge < -0.3 is 9.88 Å². The summed E-state index contributed by atoms with van der Waals surface area (Å²) in [5, 5.41) is 4.00. The Kier molecular flexibility index (Phi) is 3.75. The fourth-order valence-electron chi connectivity index (χ4n) is 4.24. The van der Waals surface area contributed by atoms with Crippen LogP contribution in [0.1, 0.15) is 30.1 Å². The summed E-state index contributed by atoms with van der Waals surface area (Å²) in [6, 6.07) is 7.74. The lowest BCUT2D eigenvalue weighted by Gasteiger charge is -2.18. The second kappa shape index (κ2) is 5.93. The van der Waals surface area contributed by atoms with Crippen molar-refractivity contribution in [1.82, 2.24) is 9.88 Å². The highest BCUT2D eigenvalue weighted by molar-refractivity contribution is 6.07. The van der Waals surface area contributed by atoms with Crippen molar-refractivity contribution in [3.05, 3.63) is 48.2 Å². The fourth-order valence-corrected chi connectivity index (χ4v) is 4.24. The molecule has 0 unspecified atom stereocenters. The molecule has 2 aliphatic carbocycles. The van der Waals surface area contributed by atoms with Crippen LogP contribution in [0.2, 0.25) is 0 Å². The van der Waals surface area contributed by atoms with Crippen LogP contribution in [0.3, 0.4) is 0 Å². The van der Waals surface area contributed by atoms with E-state index in [1.807, 2.05) is 28.8 Å². The lowest BCUT2D eigenvalue weighted by molar-refractivity contribution is -0.121. The van der Waals surface area contributed by atoms with Crippen LogP contribution in [-0.4, -0.2) is 22.8 Å². The van der Waals surface area contributed by atoms with Gasteiger partial charge in [0.25, 0.3) is 0 Å². The molecule has 1 heterocycles. The molecular weight excluding hydrogens is 300 g/mol. The Balaban J connectivity index is 1.45. The summed E-state index contributed by atoms with van der Waals surface area (Å²) in [6.45, 7) is 2.57. The van der Waals surface area contributed by atoms with Crippen LogP contribution in [-0.2, 0) is 11.3 Å². The molecule has 3 atom stereocenters. The van der Waals surface area contributed by atoms with Gasteiger partial charge in [0.15, 0.2) is 5.78 Å². The van der Waals surface area contributed by atoms with E-state index in [4.69, 9.17) is 0 Å². The summed E-state index contributed by atoms with van der Waals surface area (Å²) in [7, 11) is 0. The fraction of sp³-hybridized carbons (Fsp3) is 0.400. The molecular formula is C20H22N2O2. The number of para-hydroxylation sites is 1. The summed E-state index contributed by atoms with van der Waals surface area (Å²) in [5.74, 6) is 1.99. The third kappa shape index (κ3) is 2.66. The van der Waals surface area contributed by atoms with Crippen molar-refractivity contribution in [1.29, 1.82) is 0 Å². The van der Waals surface area contributed by atoms with Gasteiger partial charge in [0.05, 0.1) is 0 Å². The predicted molar refractivity (Wildman–Crippen MR) is 93.8 cm³/mol. The standard InChI is InChI=1S/C20H22N2O2/c1-13(23)18-11-22(19-5-3-2-4-17(18)19)12-20(24)21-10-16-9-14-6-7-15(16)8-14/h2-7,11,14-16H,8-10,12H2,1H3,(H,21,24)/t14-,15-,16+/m1/s1. The quantitative estimate of drug-likeness (QED) is 0.679. The number of Topliss-reactive ketones (excluding diaryl/α,β-unsaturated/α-hetero) is 1. The molecule has 4 rings (SSSR count). The van der Waals surface area contributed by atoms with Crippen LogP contribution in [0.5, 0.6) is 0 Å². The first-order chi connectivity index (χ1) is 11.6. The zero-order chi connectivity index (χ0) is 16.7. The summed E-state index contributed by atoms with van der Waals surface area (Å²) in [5.41, 5.74) is 1.61. The smallest absolute Gasteiger partial charge is 0.239 e. The molecule has 1 aromatic heterocycles. The first-order valence-electron chi connectivity index (χ1n) is 8.65. The Labute approximate surface area is 141 Å². The molecule has 2 aliphatic rings. The van der Waals surface area contributed by atoms with E-state index in [1.165, 1.54) is 12.8 Å². The van der Waals surface area contributed by atoms with E-state index in [-0.39, 0.29) is 18.2 Å². The zero-order valence-electron chi connectivity index (χ0n) is 13.9. The van der Waals surface area contributed by atoms with Crippen molar-refractivity contribution >= 4 is 22.6 Å². The lowest BCUT2D eigenvalue weighted by Crippen LogP contribution is -2.33. The third-order valence-corrected chi connectivity index (χ3v) is 5.46. The molecule has 1 aromatic carbocycles. The van der Waals surface area contributed by atoms with Gasteiger partial charge >= 0.3 is 0 Å². The Morgan fingerprint density at radius 3 is 2.75 bits per heavy atom. The molecule has 4 heteroatoms. The van der Waals surface area contributed by atoms with Crippen LogP contribution in [0.15, 0.2) is 42.6 Å². The van der Waals surface area contributed by atoms with E-state index in [9.17, 15) is 9.59 Å². The predicted octanol–water partition coefficient (Wildman–Crippen LogP) is 3.17. The molecule has 1 amide bonds. The first-order valence-corrected chi connectivity index (χ1v) is 8.65. The topological polar surface area (TPSA) is 51.1 Å². The van der Waals surface area contributed by atoms with E-state index >= 15 is 0 Å². The number of amides is 1. The van der Waals surface area contributed by atoms with Crippen molar-refractivity contribution in [2.45, 2.75) is 26.3 Å². The second-order valence-corrected chi connectivity index (χ2v) is 7.09. The Hall–Kier alpha value is -2.36. The summed E-state index contributed by atoms with van der Waals surface area (Å²) >= 11 is 0. The number of fused-ring (bicyclic) bond motifs is 3. The van der Waals surface area contributed by atoms with Gasteiger partial charge in [0.2, 0.25) is 5.91 Å². The number of hydrogen-bond donors (Lipinski definition) is 1. The molecule has 1 fully saturated rings. The SMILES string of the molecule is CC(=O)c1cn(CC(=O)NC[C@@H]2C[C@@H]3C=C[C@@H]2C3)c2ccccc12. The van der Waals surface area contributed by atoms with Crippen LogP contribution in [0, 0.1) is 17.8 Å². The molecule has 0 spiro atoms. The van der Waals surface area contributed by atoms with Gasteiger partial charge in [0, 0.05) is 29.2 Å². The summed E-state index contributed by atoms with van der Waals surface area (Å²) < 4.78 is 1.88. The average molecular weight is 322 g/mol. The van der Waals surface area contributed by atoms with Gasteiger partial charge in [-0.15, -0.1) is 0 Å². The van der Waals surface area contributed by atoms with Crippen molar-refractivity contribution in [2.75, 3.05) is 6.54 Å². The third-order valence-electron chi connectivity index (χ3n) is 5.46. The van der Waals surface area contributed by atoms with E-state index in [2.05, 4.69) is 17.5 Å². The van der Waals surface area contributed by atoms with Gasteiger partial charge in [-0.05, 0) is 43.6 Å². The largest absolute Gasteiger partial charge is 0.354 e. The number of nitrogens with one attached hydrogen (secondary N) is 1. The minimum atomic E-state index is 0.0117. The van der Waals surface area contributed by atoms with Gasteiger partial charge in [-0.3, -0.25) is 9.59 Å². The molecule has 4 nitrogen and oxygen atoms in total. The van der Waals surface area contributed by atoms with Gasteiger partial charge in [-0.25, -0.2) is 0 Å². The van der Waals surface area contributed by atoms with Gasteiger partial charge in [-0.2, -0.15) is 0 Å². The highest BCUT2D eigenvalue weighted by Gasteiger charge is 2.35. The van der Waals surface area contributed by atoms with Crippen LogP contribution < -0.4 is 5.32 Å². The van der Waals surface area contributed by atoms with E-state index < -0.39 is 0 Å². The molecule has 2 aromatic rings. The Morgan fingerprint density at radius 2 is 2.04 bits per heavy atom. The van der Waals surface area contributed by atoms with Gasteiger partial charge in [0.1, 0.15) is 6.54 Å². The van der Waals surface area contributed by atoms with Gasteiger partial charge in [-0.1, -0.05) is 30.4 Å². The van der Waals surface area contributed by atoms with Crippen molar-refractivity contribution in [2.24, 2.45) is 17.8 Å². The van der Waals surface area contributed by atoms with Crippen molar-refractivity contribution < 1.29 is 9.59 Å². The second-order valence-electron chi connectivity index (χ2n) is 7.09. The van der Waals surface area contributed by atoms with Crippen LogP contribution >= 0.6 is 0 Å². The maximum absolute atomic E-state index is 12.4. The van der Waals surface area contributed by atoms with E-state index in [0.29, 0.717) is 17.4 Å².